The van der Waals surface area contributed by atoms with Gasteiger partial charge in [0.2, 0.25) is 0 Å². The van der Waals surface area contributed by atoms with Crippen molar-refractivity contribution < 1.29 is 9.57 Å². The van der Waals surface area contributed by atoms with Gasteiger partial charge in [0.1, 0.15) is 12.4 Å². The summed E-state index contributed by atoms with van der Waals surface area (Å²) in [6.45, 7) is 4.14. The average Bonchev–Trinajstić information content (AvgIpc) is 3.36. The molecule has 1 aliphatic carbocycles. The van der Waals surface area contributed by atoms with E-state index in [9.17, 15) is 4.79 Å². The van der Waals surface area contributed by atoms with Crippen LogP contribution in [-0.4, -0.2) is 32.6 Å². The summed E-state index contributed by atoms with van der Waals surface area (Å²) < 4.78 is 7.97. The summed E-state index contributed by atoms with van der Waals surface area (Å²) in [6, 6.07) is 9.72. The molecule has 0 aliphatic heterocycles. The molecule has 0 amide bonds. The summed E-state index contributed by atoms with van der Waals surface area (Å²) >= 11 is 0. The minimum absolute atomic E-state index is 0.223. The summed E-state index contributed by atoms with van der Waals surface area (Å²) in [5, 5.41) is 12.1. The SMILES string of the molecule is COc1ccc(/C(C)=N\OCc2c(C)cccc2-n2nnn(C)c2=O)c2c1CCC2. The van der Waals surface area contributed by atoms with Crippen LogP contribution in [0.5, 0.6) is 5.75 Å². The first-order valence-corrected chi connectivity index (χ1v) is 9.94. The molecular weight excluding hydrogens is 382 g/mol. The minimum atomic E-state index is -0.310. The first-order chi connectivity index (χ1) is 14.5. The number of nitrogens with zero attached hydrogens (tertiary/aromatic N) is 5. The molecule has 0 bridgehead atoms. The van der Waals surface area contributed by atoms with Gasteiger partial charge in [-0.15, -0.1) is 0 Å². The lowest BCUT2D eigenvalue weighted by Crippen LogP contribution is -2.23. The van der Waals surface area contributed by atoms with E-state index in [1.54, 1.807) is 14.2 Å². The van der Waals surface area contributed by atoms with E-state index < -0.39 is 0 Å². The normalized spacial score (nSPS) is 13.4. The number of oxime groups is 1. The summed E-state index contributed by atoms with van der Waals surface area (Å²) in [5.74, 6) is 0.943. The number of hydrogen-bond acceptors (Lipinski definition) is 6. The number of ether oxygens (including phenoxy) is 1. The predicted octanol–water partition coefficient (Wildman–Crippen LogP) is 2.71. The number of benzene rings is 2. The Bertz CT molecular complexity index is 1180. The van der Waals surface area contributed by atoms with E-state index in [4.69, 9.17) is 9.57 Å². The molecule has 0 unspecified atom stereocenters. The van der Waals surface area contributed by atoms with Gasteiger partial charge in [0, 0.05) is 18.2 Å². The van der Waals surface area contributed by atoms with Gasteiger partial charge in [-0.2, -0.15) is 9.36 Å². The van der Waals surface area contributed by atoms with Gasteiger partial charge in [-0.1, -0.05) is 17.3 Å². The van der Waals surface area contributed by atoms with E-state index in [0.29, 0.717) is 5.69 Å². The van der Waals surface area contributed by atoms with E-state index in [-0.39, 0.29) is 12.3 Å². The molecule has 1 heterocycles. The van der Waals surface area contributed by atoms with Crippen molar-refractivity contribution >= 4 is 5.71 Å². The van der Waals surface area contributed by atoms with Crippen LogP contribution in [0.15, 0.2) is 40.3 Å². The maximum absolute atomic E-state index is 12.3. The van der Waals surface area contributed by atoms with Crippen LogP contribution in [0.1, 0.15) is 41.2 Å². The molecule has 2 aromatic carbocycles. The lowest BCUT2D eigenvalue weighted by molar-refractivity contribution is 0.130. The van der Waals surface area contributed by atoms with Crippen LogP contribution in [0, 0.1) is 6.92 Å². The van der Waals surface area contributed by atoms with Crippen molar-refractivity contribution in [3.63, 3.8) is 0 Å². The van der Waals surface area contributed by atoms with Crippen molar-refractivity contribution in [1.29, 1.82) is 0 Å². The number of aryl methyl sites for hydroxylation is 2. The number of hydrogen-bond donors (Lipinski definition) is 0. The summed E-state index contributed by atoms with van der Waals surface area (Å²) in [5.41, 5.74) is 6.65. The number of aromatic nitrogens is 4. The molecule has 4 rings (SSSR count). The van der Waals surface area contributed by atoms with E-state index in [1.807, 2.05) is 44.2 Å². The average molecular weight is 407 g/mol. The van der Waals surface area contributed by atoms with Crippen LogP contribution < -0.4 is 10.4 Å². The second kappa shape index (κ2) is 8.14. The molecule has 8 nitrogen and oxygen atoms in total. The molecule has 1 aromatic heterocycles. The van der Waals surface area contributed by atoms with E-state index in [0.717, 1.165) is 47.4 Å². The number of tetrazole rings is 1. The van der Waals surface area contributed by atoms with Crippen LogP contribution in [-0.2, 0) is 31.3 Å². The van der Waals surface area contributed by atoms with Crippen molar-refractivity contribution in [2.24, 2.45) is 12.2 Å². The molecule has 0 atom stereocenters. The predicted molar refractivity (Wildman–Crippen MR) is 113 cm³/mol. The molecule has 0 N–H and O–H groups in total. The second-order valence-electron chi connectivity index (χ2n) is 7.45. The van der Waals surface area contributed by atoms with Crippen molar-refractivity contribution in [2.45, 2.75) is 39.7 Å². The Labute approximate surface area is 174 Å². The highest BCUT2D eigenvalue weighted by Crippen LogP contribution is 2.33. The van der Waals surface area contributed by atoms with Gasteiger partial charge in [0.05, 0.1) is 18.5 Å². The molecule has 0 spiro atoms. The van der Waals surface area contributed by atoms with Gasteiger partial charge in [-0.05, 0) is 78.4 Å². The highest BCUT2D eigenvalue weighted by molar-refractivity contribution is 6.00. The van der Waals surface area contributed by atoms with Gasteiger partial charge >= 0.3 is 5.69 Å². The van der Waals surface area contributed by atoms with Crippen LogP contribution in [0.2, 0.25) is 0 Å². The highest BCUT2D eigenvalue weighted by atomic mass is 16.6. The van der Waals surface area contributed by atoms with Crippen molar-refractivity contribution in [3.05, 3.63) is 68.6 Å². The lowest BCUT2D eigenvalue weighted by Gasteiger charge is -2.13. The molecule has 1 aliphatic rings. The van der Waals surface area contributed by atoms with Gasteiger partial charge in [0.15, 0.2) is 0 Å². The molecule has 8 heteroatoms. The third-order valence-electron chi connectivity index (χ3n) is 5.60. The van der Waals surface area contributed by atoms with Crippen LogP contribution in [0.3, 0.4) is 0 Å². The molecule has 0 fully saturated rings. The molecule has 0 radical (unpaired) electrons. The Balaban J connectivity index is 1.60. The van der Waals surface area contributed by atoms with Gasteiger partial charge < -0.3 is 9.57 Å². The molecule has 30 heavy (non-hydrogen) atoms. The van der Waals surface area contributed by atoms with Crippen LogP contribution in [0.25, 0.3) is 5.69 Å². The van der Waals surface area contributed by atoms with E-state index >= 15 is 0 Å². The van der Waals surface area contributed by atoms with E-state index in [2.05, 4.69) is 15.6 Å². The Morgan fingerprint density at radius 1 is 1.17 bits per heavy atom. The van der Waals surface area contributed by atoms with Crippen LogP contribution in [0.4, 0.5) is 0 Å². The first-order valence-electron chi connectivity index (χ1n) is 9.94. The fourth-order valence-electron chi connectivity index (χ4n) is 3.98. The Kier molecular flexibility index (Phi) is 5.39. The third kappa shape index (κ3) is 3.49. The molecule has 156 valence electrons. The van der Waals surface area contributed by atoms with Crippen molar-refractivity contribution in [2.75, 3.05) is 7.11 Å². The number of methoxy groups -OCH3 is 1. The monoisotopic (exact) mass is 407 g/mol. The maximum atomic E-state index is 12.3. The zero-order valence-corrected chi connectivity index (χ0v) is 17.7. The lowest BCUT2D eigenvalue weighted by atomic mass is 9.99. The van der Waals surface area contributed by atoms with Gasteiger partial charge in [0.25, 0.3) is 0 Å². The summed E-state index contributed by atoms with van der Waals surface area (Å²) in [7, 11) is 3.28. The number of rotatable bonds is 6. The number of fused-ring (bicyclic) bond motifs is 1. The molecule has 3 aromatic rings. The molecular formula is C22H25N5O3. The maximum Gasteiger partial charge on any atom is 0.368 e. The van der Waals surface area contributed by atoms with Crippen molar-refractivity contribution in [1.82, 2.24) is 19.8 Å². The van der Waals surface area contributed by atoms with Crippen molar-refractivity contribution in [3.8, 4) is 11.4 Å². The fourth-order valence-corrected chi connectivity index (χ4v) is 3.98. The smallest absolute Gasteiger partial charge is 0.368 e. The van der Waals surface area contributed by atoms with Crippen LogP contribution >= 0.6 is 0 Å². The Hall–Kier alpha value is -3.42. The molecule has 0 saturated heterocycles. The summed E-state index contributed by atoms with van der Waals surface area (Å²) in [6.07, 6.45) is 3.17. The Morgan fingerprint density at radius 2 is 1.97 bits per heavy atom. The fraction of sp³-hybridized carbons (Fsp3) is 0.364. The quantitative estimate of drug-likeness (QED) is 0.463. The second-order valence-corrected chi connectivity index (χ2v) is 7.45. The zero-order valence-electron chi connectivity index (χ0n) is 17.7. The largest absolute Gasteiger partial charge is 0.496 e. The minimum Gasteiger partial charge on any atom is -0.496 e. The molecule has 0 saturated carbocycles. The first kappa shape index (κ1) is 19.9. The topological polar surface area (TPSA) is 83.5 Å². The van der Waals surface area contributed by atoms with Gasteiger partial charge in [-0.25, -0.2) is 4.79 Å². The zero-order chi connectivity index (χ0) is 21.3. The standard InChI is InChI=1S/C22H25N5O3/c1-14-7-5-10-20(27-22(28)26(3)24-25-27)19(14)13-30-23-15(2)16-11-12-21(29-4)18-9-6-8-17(16)18/h5,7,10-12H,6,8-9,13H2,1-4H3/b23-15-. The third-order valence-corrected chi connectivity index (χ3v) is 5.60. The van der Waals surface area contributed by atoms with E-state index in [1.165, 1.54) is 20.5 Å². The van der Waals surface area contributed by atoms with Gasteiger partial charge in [-0.3, -0.25) is 0 Å². The Morgan fingerprint density at radius 3 is 2.70 bits per heavy atom. The summed E-state index contributed by atoms with van der Waals surface area (Å²) in [4.78, 5) is 18.0. The highest BCUT2D eigenvalue weighted by Gasteiger charge is 2.20.